The van der Waals surface area contributed by atoms with E-state index in [1.807, 2.05) is 6.92 Å². The first kappa shape index (κ1) is 15.6. The summed E-state index contributed by atoms with van der Waals surface area (Å²) in [5.74, 6) is 0.0745. The van der Waals surface area contributed by atoms with Gasteiger partial charge in [0.15, 0.2) is 0 Å². The van der Waals surface area contributed by atoms with Crippen LogP contribution in [-0.2, 0) is 9.59 Å². The van der Waals surface area contributed by atoms with Gasteiger partial charge in [-0.25, -0.2) is 0 Å². The van der Waals surface area contributed by atoms with E-state index in [4.69, 9.17) is 17.3 Å². The molecule has 1 aliphatic rings. The van der Waals surface area contributed by atoms with E-state index in [1.54, 1.807) is 23.1 Å². The lowest BCUT2D eigenvalue weighted by molar-refractivity contribution is -0.138. The maximum absolute atomic E-state index is 11.9. The predicted molar refractivity (Wildman–Crippen MR) is 84.1 cm³/mol. The van der Waals surface area contributed by atoms with Crippen molar-refractivity contribution in [1.29, 1.82) is 0 Å². The molecule has 1 aromatic rings. The number of benzene rings is 1. The van der Waals surface area contributed by atoms with Crippen molar-refractivity contribution in [2.24, 2.45) is 5.92 Å². The van der Waals surface area contributed by atoms with Gasteiger partial charge in [0.2, 0.25) is 11.8 Å². The maximum Gasteiger partial charge on any atom is 0.226 e. The Hall–Kier alpha value is -1.75. The van der Waals surface area contributed by atoms with Gasteiger partial charge in [-0.15, -0.1) is 0 Å². The fraction of sp³-hybridized carbons (Fsp3) is 0.467. The lowest BCUT2D eigenvalue weighted by Gasteiger charge is -2.30. The van der Waals surface area contributed by atoms with Gasteiger partial charge in [0, 0.05) is 31.1 Å². The average Bonchev–Trinajstić information content (AvgIpc) is 2.44. The number of amides is 2. The summed E-state index contributed by atoms with van der Waals surface area (Å²) < 4.78 is 0. The third-order valence-corrected chi connectivity index (χ3v) is 4.03. The zero-order chi connectivity index (χ0) is 15.4. The number of carbonyl (C=O) groups excluding carboxylic acids is 2. The smallest absolute Gasteiger partial charge is 0.226 e. The molecule has 0 bridgehead atoms. The normalized spacial score (nSPS) is 18.7. The van der Waals surface area contributed by atoms with Crippen LogP contribution in [0.3, 0.4) is 0 Å². The molecule has 0 spiro atoms. The van der Waals surface area contributed by atoms with Crippen LogP contribution in [0.4, 0.5) is 11.4 Å². The van der Waals surface area contributed by atoms with Gasteiger partial charge >= 0.3 is 0 Å². The molecule has 1 unspecified atom stereocenters. The number of anilines is 2. The largest absolute Gasteiger partial charge is 0.397 e. The Morgan fingerprint density at radius 2 is 2.29 bits per heavy atom. The number of nitrogens with two attached hydrogens (primary N) is 1. The Labute approximate surface area is 129 Å². The summed E-state index contributed by atoms with van der Waals surface area (Å²) in [4.78, 5) is 25.6. The Bertz CT molecular complexity index is 548. The molecule has 21 heavy (non-hydrogen) atoms. The fourth-order valence-electron chi connectivity index (χ4n) is 2.44. The number of piperidine rings is 1. The van der Waals surface area contributed by atoms with Crippen molar-refractivity contribution in [3.63, 3.8) is 0 Å². The predicted octanol–water partition coefficient (Wildman–Crippen LogP) is 2.51. The quantitative estimate of drug-likeness (QED) is 0.839. The summed E-state index contributed by atoms with van der Waals surface area (Å²) in [6, 6.07) is 4.96. The van der Waals surface area contributed by atoms with Gasteiger partial charge in [-0.05, 0) is 31.0 Å². The number of nitrogen functional groups attached to an aromatic ring is 1. The van der Waals surface area contributed by atoms with Gasteiger partial charge < -0.3 is 16.0 Å². The molecule has 1 fully saturated rings. The van der Waals surface area contributed by atoms with Gasteiger partial charge in [0.1, 0.15) is 0 Å². The van der Waals surface area contributed by atoms with E-state index in [9.17, 15) is 9.59 Å². The molecule has 1 aliphatic heterocycles. The number of nitrogens with one attached hydrogen (secondary N) is 1. The molecular formula is C15H20ClN3O2. The van der Waals surface area contributed by atoms with Crippen LogP contribution in [0.25, 0.3) is 0 Å². The number of hydrogen-bond donors (Lipinski definition) is 2. The lowest BCUT2D eigenvalue weighted by atomic mass is 9.99. The number of rotatable bonds is 4. The molecule has 0 aliphatic carbocycles. The highest BCUT2D eigenvalue weighted by Gasteiger charge is 2.25. The first-order valence-corrected chi connectivity index (χ1v) is 7.49. The van der Waals surface area contributed by atoms with Crippen molar-refractivity contribution in [2.45, 2.75) is 26.2 Å². The first-order valence-electron chi connectivity index (χ1n) is 7.11. The minimum Gasteiger partial charge on any atom is -0.397 e. The number of halogens is 1. The molecule has 1 aromatic carbocycles. The summed E-state index contributed by atoms with van der Waals surface area (Å²) in [5.41, 5.74) is 6.72. The monoisotopic (exact) mass is 309 g/mol. The molecule has 3 N–H and O–H groups in total. The summed E-state index contributed by atoms with van der Waals surface area (Å²) in [6.45, 7) is 3.13. The minimum atomic E-state index is -0.136. The van der Waals surface area contributed by atoms with Crippen LogP contribution in [0.15, 0.2) is 18.2 Å². The zero-order valence-electron chi connectivity index (χ0n) is 12.1. The van der Waals surface area contributed by atoms with Gasteiger partial charge in [0.25, 0.3) is 0 Å². The number of likely N-dealkylation sites (tertiary alicyclic amines) is 1. The highest BCUT2D eigenvalue weighted by molar-refractivity contribution is 6.33. The fourth-order valence-corrected chi connectivity index (χ4v) is 2.55. The van der Waals surface area contributed by atoms with Crippen molar-refractivity contribution < 1.29 is 9.59 Å². The van der Waals surface area contributed by atoms with Crippen LogP contribution in [0.5, 0.6) is 0 Å². The molecule has 6 heteroatoms. The minimum absolute atomic E-state index is 0.0675. The molecule has 1 atom stereocenters. The summed E-state index contributed by atoms with van der Waals surface area (Å²) in [5, 5.41) is 3.22. The van der Waals surface area contributed by atoms with E-state index < -0.39 is 0 Å². The molecular weight excluding hydrogens is 290 g/mol. The molecule has 114 valence electrons. The van der Waals surface area contributed by atoms with E-state index in [1.165, 1.54) is 0 Å². The van der Waals surface area contributed by atoms with Crippen LogP contribution in [-0.4, -0.2) is 29.8 Å². The van der Waals surface area contributed by atoms with Gasteiger partial charge in [-0.1, -0.05) is 18.5 Å². The van der Waals surface area contributed by atoms with Crippen molar-refractivity contribution in [3.05, 3.63) is 23.2 Å². The van der Waals surface area contributed by atoms with Crippen LogP contribution in [0, 0.1) is 5.92 Å². The van der Waals surface area contributed by atoms with Crippen molar-refractivity contribution in [3.8, 4) is 0 Å². The maximum atomic E-state index is 11.9. The molecule has 2 rings (SSSR count). The summed E-state index contributed by atoms with van der Waals surface area (Å²) in [6.07, 6.45) is 2.22. The molecule has 0 aromatic heterocycles. The topological polar surface area (TPSA) is 75.4 Å². The Morgan fingerprint density at radius 1 is 1.52 bits per heavy atom. The number of carbonyl (C=O) groups is 2. The highest BCUT2D eigenvalue weighted by atomic mass is 35.5. The van der Waals surface area contributed by atoms with Crippen LogP contribution in [0.2, 0.25) is 5.02 Å². The van der Waals surface area contributed by atoms with Gasteiger partial charge in [-0.3, -0.25) is 9.59 Å². The Morgan fingerprint density at radius 3 is 3.00 bits per heavy atom. The van der Waals surface area contributed by atoms with E-state index in [0.29, 0.717) is 22.9 Å². The van der Waals surface area contributed by atoms with E-state index in [2.05, 4.69) is 5.32 Å². The Balaban J connectivity index is 1.84. The van der Waals surface area contributed by atoms with E-state index in [0.717, 1.165) is 19.4 Å². The first-order chi connectivity index (χ1) is 9.97. The second-order valence-corrected chi connectivity index (χ2v) is 5.81. The van der Waals surface area contributed by atoms with Crippen molar-refractivity contribution >= 4 is 34.8 Å². The number of nitrogens with zero attached hydrogens (tertiary/aromatic N) is 1. The van der Waals surface area contributed by atoms with Gasteiger partial charge in [0.05, 0.1) is 10.7 Å². The molecule has 1 heterocycles. The highest BCUT2D eigenvalue weighted by Crippen LogP contribution is 2.22. The van der Waals surface area contributed by atoms with Crippen LogP contribution < -0.4 is 11.1 Å². The third kappa shape index (κ3) is 4.11. The third-order valence-electron chi connectivity index (χ3n) is 3.69. The standard InChI is InChI=1S/C15H20ClN3O2/c1-10-3-2-7-19(15(10)21)8-6-14(20)18-11-4-5-12(16)13(17)9-11/h4-5,9-10H,2-3,6-8,17H2,1H3,(H,18,20). The molecule has 1 saturated heterocycles. The lowest BCUT2D eigenvalue weighted by Crippen LogP contribution is -2.41. The molecule has 2 amide bonds. The van der Waals surface area contributed by atoms with Crippen molar-refractivity contribution in [1.82, 2.24) is 4.90 Å². The summed E-state index contributed by atoms with van der Waals surface area (Å²) in [7, 11) is 0. The SMILES string of the molecule is CC1CCCN(CCC(=O)Nc2ccc(Cl)c(N)c2)C1=O. The zero-order valence-corrected chi connectivity index (χ0v) is 12.8. The second kappa shape index (κ2) is 6.80. The van der Waals surface area contributed by atoms with Crippen LogP contribution >= 0.6 is 11.6 Å². The van der Waals surface area contributed by atoms with Crippen LogP contribution in [0.1, 0.15) is 26.2 Å². The molecule has 0 radical (unpaired) electrons. The molecule has 5 nitrogen and oxygen atoms in total. The van der Waals surface area contributed by atoms with Gasteiger partial charge in [-0.2, -0.15) is 0 Å². The van der Waals surface area contributed by atoms with Crippen molar-refractivity contribution in [2.75, 3.05) is 24.1 Å². The van der Waals surface area contributed by atoms with E-state index in [-0.39, 0.29) is 24.2 Å². The number of hydrogen-bond acceptors (Lipinski definition) is 3. The second-order valence-electron chi connectivity index (χ2n) is 5.40. The summed E-state index contributed by atoms with van der Waals surface area (Å²) >= 11 is 5.83. The van der Waals surface area contributed by atoms with E-state index >= 15 is 0 Å². The average molecular weight is 310 g/mol. The Kier molecular flexibility index (Phi) is 5.07. The molecule has 0 saturated carbocycles.